The Morgan fingerprint density at radius 2 is 1.88 bits per heavy atom. The summed E-state index contributed by atoms with van der Waals surface area (Å²) >= 11 is 0. The van der Waals surface area contributed by atoms with Crippen LogP contribution in [0.2, 0.25) is 0 Å². The lowest BCUT2D eigenvalue weighted by molar-refractivity contribution is -0.134. The van der Waals surface area contributed by atoms with Gasteiger partial charge in [0, 0.05) is 24.9 Å². The minimum absolute atomic E-state index is 0.0896. The average molecular weight is 325 g/mol. The monoisotopic (exact) mass is 325 g/mol. The van der Waals surface area contributed by atoms with Crippen molar-refractivity contribution in [1.29, 1.82) is 0 Å². The second kappa shape index (κ2) is 6.44. The summed E-state index contributed by atoms with van der Waals surface area (Å²) in [6, 6.07) is 13.7. The van der Waals surface area contributed by atoms with E-state index < -0.39 is 6.10 Å². The normalized spacial score (nSPS) is 25.5. The lowest BCUT2D eigenvalue weighted by Crippen LogP contribution is -2.40. The van der Waals surface area contributed by atoms with Crippen molar-refractivity contribution in [2.45, 2.75) is 31.3 Å². The summed E-state index contributed by atoms with van der Waals surface area (Å²) in [7, 11) is 0. The minimum Gasteiger partial charge on any atom is -0.469 e. The molecular weight excluding hydrogens is 302 g/mol. The Morgan fingerprint density at radius 1 is 1.12 bits per heavy atom. The van der Waals surface area contributed by atoms with Crippen LogP contribution in [0.5, 0.6) is 0 Å². The molecule has 1 saturated carbocycles. The zero-order chi connectivity index (χ0) is 16.5. The third-order valence-corrected chi connectivity index (χ3v) is 5.46. The number of piperidine rings is 1. The molecule has 1 aliphatic carbocycles. The first-order valence-corrected chi connectivity index (χ1v) is 8.79. The van der Waals surface area contributed by atoms with Crippen molar-refractivity contribution in [1.82, 2.24) is 4.90 Å². The summed E-state index contributed by atoms with van der Waals surface area (Å²) in [6.07, 6.45) is 3.87. The minimum atomic E-state index is -0.430. The molecule has 1 aromatic carbocycles. The van der Waals surface area contributed by atoms with E-state index in [4.69, 9.17) is 4.42 Å². The Kier molecular flexibility index (Phi) is 4.15. The van der Waals surface area contributed by atoms with Gasteiger partial charge in [0.15, 0.2) is 0 Å². The van der Waals surface area contributed by atoms with Crippen molar-refractivity contribution in [3.8, 4) is 0 Å². The number of nitrogens with zero attached hydrogens (tertiary/aromatic N) is 1. The van der Waals surface area contributed by atoms with Gasteiger partial charge in [-0.05, 0) is 42.9 Å². The van der Waals surface area contributed by atoms with E-state index in [1.807, 2.05) is 47.4 Å². The van der Waals surface area contributed by atoms with E-state index in [9.17, 15) is 9.90 Å². The van der Waals surface area contributed by atoms with Gasteiger partial charge < -0.3 is 14.4 Å². The number of aliphatic hydroxyl groups is 1. The van der Waals surface area contributed by atoms with Gasteiger partial charge in [0.05, 0.1) is 12.4 Å². The average Bonchev–Trinajstić information content (AvgIpc) is 3.26. The van der Waals surface area contributed by atoms with Crippen molar-refractivity contribution in [3.05, 3.63) is 60.1 Å². The highest BCUT2D eigenvalue weighted by Gasteiger charge is 2.48. The zero-order valence-corrected chi connectivity index (χ0v) is 13.7. The molecule has 2 aromatic rings. The quantitative estimate of drug-likeness (QED) is 0.938. The SMILES string of the molecule is O=C([C@@H]1C[C@H]1c1ccco1)N1CCC([C@H](O)c2ccccc2)CC1. The molecule has 3 atom stereocenters. The highest BCUT2D eigenvalue weighted by molar-refractivity contribution is 5.82. The first-order chi connectivity index (χ1) is 11.7. The van der Waals surface area contributed by atoms with Crippen LogP contribution < -0.4 is 0 Å². The van der Waals surface area contributed by atoms with Gasteiger partial charge in [-0.15, -0.1) is 0 Å². The fourth-order valence-corrected chi connectivity index (χ4v) is 3.88. The Bertz CT molecular complexity index is 674. The molecular formula is C20H23NO3. The number of furan rings is 1. The van der Waals surface area contributed by atoms with E-state index >= 15 is 0 Å². The molecule has 1 saturated heterocycles. The summed E-state index contributed by atoms with van der Waals surface area (Å²) in [5.41, 5.74) is 0.974. The molecule has 0 bridgehead atoms. The number of rotatable bonds is 4. The van der Waals surface area contributed by atoms with Crippen LogP contribution in [-0.2, 0) is 4.79 Å². The van der Waals surface area contributed by atoms with E-state index in [0.717, 1.165) is 43.7 Å². The van der Waals surface area contributed by atoms with Crippen molar-refractivity contribution in [3.63, 3.8) is 0 Å². The molecule has 4 heteroatoms. The van der Waals surface area contributed by atoms with Crippen LogP contribution in [0.3, 0.4) is 0 Å². The lowest BCUT2D eigenvalue weighted by Gasteiger charge is -2.34. The molecule has 4 nitrogen and oxygen atoms in total. The summed E-state index contributed by atoms with van der Waals surface area (Å²) < 4.78 is 5.42. The van der Waals surface area contributed by atoms with E-state index in [0.29, 0.717) is 0 Å². The maximum Gasteiger partial charge on any atom is 0.226 e. The summed E-state index contributed by atoms with van der Waals surface area (Å²) in [5, 5.41) is 10.5. The molecule has 2 aliphatic rings. The number of aliphatic hydroxyl groups excluding tert-OH is 1. The smallest absolute Gasteiger partial charge is 0.226 e. The Morgan fingerprint density at radius 3 is 2.54 bits per heavy atom. The van der Waals surface area contributed by atoms with Gasteiger partial charge in [-0.25, -0.2) is 0 Å². The molecule has 1 aliphatic heterocycles. The van der Waals surface area contributed by atoms with Crippen LogP contribution >= 0.6 is 0 Å². The van der Waals surface area contributed by atoms with E-state index in [2.05, 4.69) is 0 Å². The summed E-state index contributed by atoms with van der Waals surface area (Å²) in [6.45, 7) is 1.49. The van der Waals surface area contributed by atoms with Crippen LogP contribution in [0.4, 0.5) is 0 Å². The van der Waals surface area contributed by atoms with Gasteiger partial charge in [0.25, 0.3) is 0 Å². The van der Waals surface area contributed by atoms with Crippen LogP contribution in [0.25, 0.3) is 0 Å². The van der Waals surface area contributed by atoms with Gasteiger partial charge in [0.2, 0.25) is 5.91 Å². The van der Waals surface area contributed by atoms with Gasteiger partial charge in [0.1, 0.15) is 5.76 Å². The Labute approximate surface area is 142 Å². The number of hydrogen-bond acceptors (Lipinski definition) is 3. The third kappa shape index (κ3) is 2.98. The maximum absolute atomic E-state index is 12.6. The van der Waals surface area contributed by atoms with Crippen molar-refractivity contribution < 1.29 is 14.3 Å². The van der Waals surface area contributed by atoms with E-state index in [1.165, 1.54) is 0 Å². The molecule has 1 amide bonds. The third-order valence-electron chi connectivity index (χ3n) is 5.46. The standard InChI is InChI=1S/C20H23NO3/c22-19(14-5-2-1-3-6-14)15-8-10-21(11-9-15)20(23)17-13-16(17)18-7-4-12-24-18/h1-7,12,15-17,19,22H,8-11,13H2/t16-,17-,19-/m1/s1. The highest BCUT2D eigenvalue weighted by atomic mass is 16.3. The number of hydrogen-bond donors (Lipinski definition) is 1. The Hall–Kier alpha value is -2.07. The summed E-state index contributed by atoms with van der Waals surface area (Å²) in [4.78, 5) is 14.6. The fraction of sp³-hybridized carbons (Fsp3) is 0.450. The molecule has 0 spiro atoms. The molecule has 24 heavy (non-hydrogen) atoms. The fourth-order valence-electron chi connectivity index (χ4n) is 3.88. The largest absolute Gasteiger partial charge is 0.469 e. The van der Waals surface area contributed by atoms with Gasteiger partial charge in [-0.3, -0.25) is 4.79 Å². The highest BCUT2D eigenvalue weighted by Crippen LogP contribution is 2.49. The van der Waals surface area contributed by atoms with E-state index in [1.54, 1.807) is 6.26 Å². The zero-order valence-electron chi connectivity index (χ0n) is 13.7. The van der Waals surface area contributed by atoms with Gasteiger partial charge in [-0.2, -0.15) is 0 Å². The molecule has 4 rings (SSSR count). The topological polar surface area (TPSA) is 53.7 Å². The van der Waals surface area contributed by atoms with Crippen molar-refractivity contribution in [2.24, 2.45) is 11.8 Å². The number of likely N-dealkylation sites (tertiary alicyclic amines) is 1. The maximum atomic E-state index is 12.6. The molecule has 0 radical (unpaired) electrons. The summed E-state index contributed by atoms with van der Waals surface area (Å²) in [5.74, 6) is 1.77. The second-order valence-corrected chi connectivity index (χ2v) is 6.98. The Balaban J connectivity index is 1.31. The number of carbonyl (C=O) groups is 1. The van der Waals surface area contributed by atoms with Crippen molar-refractivity contribution >= 4 is 5.91 Å². The number of benzene rings is 1. The predicted octanol–water partition coefficient (Wildman–Crippen LogP) is 3.36. The lowest BCUT2D eigenvalue weighted by atomic mass is 9.87. The van der Waals surface area contributed by atoms with Gasteiger partial charge in [-0.1, -0.05) is 30.3 Å². The molecule has 0 unspecified atom stereocenters. The van der Waals surface area contributed by atoms with Crippen LogP contribution in [0.15, 0.2) is 53.1 Å². The van der Waals surface area contributed by atoms with E-state index in [-0.39, 0.29) is 23.7 Å². The molecule has 1 aromatic heterocycles. The number of amides is 1. The van der Waals surface area contributed by atoms with Crippen LogP contribution in [-0.4, -0.2) is 29.0 Å². The van der Waals surface area contributed by atoms with Gasteiger partial charge >= 0.3 is 0 Å². The second-order valence-electron chi connectivity index (χ2n) is 6.98. The van der Waals surface area contributed by atoms with Crippen LogP contribution in [0, 0.1) is 11.8 Å². The predicted molar refractivity (Wildman–Crippen MR) is 90.3 cm³/mol. The first-order valence-electron chi connectivity index (χ1n) is 8.79. The molecule has 2 fully saturated rings. The number of carbonyl (C=O) groups excluding carboxylic acids is 1. The van der Waals surface area contributed by atoms with Crippen LogP contribution in [0.1, 0.15) is 42.6 Å². The molecule has 126 valence electrons. The molecule has 2 heterocycles. The first kappa shape index (κ1) is 15.5. The van der Waals surface area contributed by atoms with Crippen molar-refractivity contribution in [2.75, 3.05) is 13.1 Å². The molecule has 1 N–H and O–H groups in total.